The number of nitrogens with two attached hydrogens (primary N) is 1. The predicted molar refractivity (Wildman–Crippen MR) is 122 cm³/mol. The summed E-state index contributed by atoms with van der Waals surface area (Å²) in [5.41, 5.74) is 1.26. The second-order valence-corrected chi connectivity index (χ2v) is 10.6. The lowest BCUT2D eigenvalue weighted by Crippen LogP contribution is -2.55. The van der Waals surface area contributed by atoms with Gasteiger partial charge in [0, 0.05) is 41.4 Å². The van der Waals surface area contributed by atoms with E-state index >= 15 is 0 Å². The van der Waals surface area contributed by atoms with Gasteiger partial charge >= 0.3 is 0 Å². The number of nitrogens with one attached hydrogen (secondary N) is 1. The van der Waals surface area contributed by atoms with E-state index in [1.165, 1.54) is 12.1 Å². The van der Waals surface area contributed by atoms with Crippen LogP contribution in [0.2, 0.25) is 0 Å². The van der Waals surface area contributed by atoms with Crippen molar-refractivity contribution in [1.29, 1.82) is 0 Å². The highest BCUT2D eigenvalue weighted by Gasteiger charge is 2.41. The van der Waals surface area contributed by atoms with Crippen LogP contribution in [-0.4, -0.2) is 48.5 Å². The first-order chi connectivity index (χ1) is 14.8. The first-order valence-corrected chi connectivity index (χ1v) is 12.4. The Balaban J connectivity index is 1.46. The summed E-state index contributed by atoms with van der Waals surface area (Å²) < 4.78 is 30.4. The summed E-state index contributed by atoms with van der Waals surface area (Å²) in [6, 6.07) is 10.1. The molecule has 0 amide bonds. The SMILES string of the molecule is NS(=O)(=O)c1ccc(Nc2ncc3cc(Br)cc(OC45CCN(CC4)CC5)c3n2)cc1. The minimum atomic E-state index is -3.73. The van der Waals surface area contributed by atoms with Gasteiger partial charge in [-0.3, -0.25) is 0 Å². The molecule has 0 atom stereocenters. The van der Waals surface area contributed by atoms with Crippen molar-refractivity contribution in [2.45, 2.75) is 29.8 Å². The second kappa shape index (κ2) is 7.70. The van der Waals surface area contributed by atoms with Crippen LogP contribution < -0.4 is 15.2 Å². The molecule has 6 rings (SSSR count). The summed E-state index contributed by atoms with van der Waals surface area (Å²) in [5, 5.41) is 9.16. The lowest BCUT2D eigenvalue weighted by atomic mass is 9.83. The number of rotatable bonds is 5. The van der Waals surface area contributed by atoms with Gasteiger partial charge in [-0.1, -0.05) is 15.9 Å². The molecule has 0 aliphatic carbocycles. The summed E-state index contributed by atoms with van der Waals surface area (Å²) in [6.07, 6.45) is 4.82. The summed E-state index contributed by atoms with van der Waals surface area (Å²) in [5.74, 6) is 1.15. The number of primary sulfonamides is 1. The van der Waals surface area contributed by atoms with Crippen molar-refractivity contribution < 1.29 is 13.2 Å². The van der Waals surface area contributed by atoms with Gasteiger partial charge in [0.25, 0.3) is 0 Å². The minimum absolute atomic E-state index is 0.0517. The molecule has 10 heteroatoms. The lowest BCUT2D eigenvalue weighted by Gasteiger charge is -2.48. The van der Waals surface area contributed by atoms with Gasteiger partial charge in [-0.25, -0.2) is 23.5 Å². The number of anilines is 2. The third kappa shape index (κ3) is 4.25. The molecule has 3 fully saturated rings. The zero-order chi connectivity index (χ0) is 21.6. The quantitative estimate of drug-likeness (QED) is 0.548. The van der Waals surface area contributed by atoms with E-state index < -0.39 is 10.0 Å². The van der Waals surface area contributed by atoms with E-state index in [9.17, 15) is 8.42 Å². The first-order valence-electron chi connectivity index (χ1n) is 10.1. The molecule has 3 aromatic rings. The molecule has 0 radical (unpaired) electrons. The van der Waals surface area contributed by atoms with Gasteiger partial charge < -0.3 is 15.0 Å². The lowest BCUT2D eigenvalue weighted by molar-refractivity contribution is -0.0504. The predicted octanol–water partition coefficient (Wildman–Crippen LogP) is 3.40. The normalized spacial score (nSPS) is 23.1. The van der Waals surface area contributed by atoms with Crippen LogP contribution in [0.1, 0.15) is 19.3 Å². The molecule has 3 saturated heterocycles. The monoisotopic (exact) mass is 503 g/mol. The number of hydrogen-bond acceptors (Lipinski definition) is 7. The molecule has 0 unspecified atom stereocenters. The van der Waals surface area contributed by atoms with Gasteiger partial charge in [-0.2, -0.15) is 0 Å². The maximum absolute atomic E-state index is 11.4. The largest absolute Gasteiger partial charge is 0.485 e. The Kier molecular flexibility index (Phi) is 5.12. The number of aromatic nitrogens is 2. The molecule has 1 aromatic heterocycles. The van der Waals surface area contributed by atoms with Crippen molar-refractivity contribution >= 4 is 48.5 Å². The summed E-state index contributed by atoms with van der Waals surface area (Å²) in [4.78, 5) is 11.6. The van der Waals surface area contributed by atoms with E-state index in [2.05, 4.69) is 31.1 Å². The van der Waals surface area contributed by atoms with Crippen molar-refractivity contribution in [3.05, 3.63) is 47.1 Å². The van der Waals surface area contributed by atoms with Crippen molar-refractivity contribution in [1.82, 2.24) is 14.9 Å². The third-order valence-electron chi connectivity index (χ3n) is 6.03. The molecule has 3 N–H and O–H groups in total. The highest BCUT2D eigenvalue weighted by Crippen LogP contribution is 2.39. The number of benzene rings is 2. The molecule has 0 spiro atoms. The van der Waals surface area contributed by atoms with E-state index in [4.69, 9.17) is 14.9 Å². The Morgan fingerprint density at radius 1 is 1.10 bits per heavy atom. The van der Waals surface area contributed by atoms with Crippen molar-refractivity contribution in [2.24, 2.45) is 5.14 Å². The number of halogens is 1. The smallest absolute Gasteiger partial charge is 0.238 e. The van der Waals surface area contributed by atoms with E-state index in [0.29, 0.717) is 11.6 Å². The zero-order valence-corrected chi connectivity index (χ0v) is 19.1. The number of piperidine rings is 3. The molecule has 4 heterocycles. The van der Waals surface area contributed by atoms with Crippen molar-refractivity contribution in [2.75, 3.05) is 25.0 Å². The van der Waals surface area contributed by atoms with Gasteiger partial charge in [-0.15, -0.1) is 0 Å². The Hall–Kier alpha value is -2.27. The fourth-order valence-corrected chi connectivity index (χ4v) is 5.23. The van der Waals surface area contributed by atoms with Crippen LogP contribution in [0.3, 0.4) is 0 Å². The van der Waals surface area contributed by atoms with Crippen LogP contribution >= 0.6 is 15.9 Å². The molecule has 3 aliphatic heterocycles. The molecule has 2 bridgehead atoms. The Morgan fingerprint density at radius 2 is 1.77 bits per heavy atom. The van der Waals surface area contributed by atoms with Gasteiger partial charge in [0.1, 0.15) is 16.9 Å². The Labute approximate surface area is 189 Å². The average molecular weight is 504 g/mol. The van der Waals surface area contributed by atoms with Crippen LogP contribution in [0.15, 0.2) is 52.0 Å². The highest BCUT2D eigenvalue weighted by atomic mass is 79.9. The van der Waals surface area contributed by atoms with Crippen molar-refractivity contribution in [3.8, 4) is 5.75 Å². The molecule has 2 aromatic carbocycles. The maximum Gasteiger partial charge on any atom is 0.238 e. The number of fused-ring (bicyclic) bond motifs is 4. The van der Waals surface area contributed by atoms with Crippen LogP contribution in [0.4, 0.5) is 11.6 Å². The number of sulfonamides is 1. The standard InChI is InChI=1S/C21H22BrN5O3S/c22-15-11-14-13-24-20(25-16-1-3-17(4-2-16)31(23,28)29)26-19(14)18(12-15)30-21-5-8-27(9-6-21)10-7-21/h1-4,11-13H,5-10H2,(H2,23,28,29)(H,24,25,26). The van der Waals surface area contributed by atoms with Crippen LogP contribution in [-0.2, 0) is 10.0 Å². The molecule has 8 nitrogen and oxygen atoms in total. The molecule has 31 heavy (non-hydrogen) atoms. The Morgan fingerprint density at radius 3 is 2.42 bits per heavy atom. The van der Waals surface area contributed by atoms with Gasteiger partial charge in [-0.05, 0) is 55.7 Å². The fraction of sp³-hybridized carbons (Fsp3) is 0.333. The fourth-order valence-electron chi connectivity index (χ4n) is 4.26. The first kappa shape index (κ1) is 20.6. The van der Waals surface area contributed by atoms with E-state index in [-0.39, 0.29) is 10.5 Å². The molecular formula is C21H22BrN5O3S. The van der Waals surface area contributed by atoms with Crippen LogP contribution in [0, 0.1) is 0 Å². The van der Waals surface area contributed by atoms with E-state index in [0.717, 1.165) is 60.0 Å². The molecule has 3 aliphatic rings. The topological polar surface area (TPSA) is 110 Å². The van der Waals surface area contributed by atoms with Crippen LogP contribution in [0.25, 0.3) is 10.9 Å². The average Bonchev–Trinajstić information content (AvgIpc) is 2.75. The second-order valence-electron chi connectivity index (χ2n) is 8.11. The highest BCUT2D eigenvalue weighted by molar-refractivity contribution is 9.10. The maximum atomic E-state index is 11.4. The molecular weight excluding hydrogens is 482 g/mol. The van der Waals surface area contributed by atoms with E-state index in [1.807, 2.05) is 12.1 Å². The van der Waals surface area contributed by atoms with Gasteiger partial charge in [0.2, 0.25) is 16.0 Å². The van der Waals surface area contributed by atoms with Gasteiger partial charge in [0.15, 0.2) is 0 Å². The van der Waals surface area contributed by atoms with E-state index in [1.54, 1.807) is 18.3 Å². The van der Waals surface area contributed by atoms with Crippen LogP contribution in [0.5, 0.6) is 5.75 Å². The minimum Gasteiger partial charge on any atom is -0.485 e. The summed E-state index contributed by atoms with van der Waals surface area (Å²) in [6.45, 7) is 3.22. The summed E-state index contributed by atoms with van der Waals surface area (Å²) in [7, 11) is -3.73. The number of ether oxygens (including phenoxy) is 1. The van der Waals surface area contributed by atoms with Gasteiger partial charge in [0.05, 0.1) is 4.90 Å². The molecule has 162 valence electrons. The molecule has 0 saturated carbocycles. The van der Waals surface area contributed by atoms with Crippen molar-refractivity contribution in [3.63, 3.8) is 0 Å². The summed E-state index contributed by atoms with van der Waals surface area (Å²) >= 11 is 3.57. The zero-order valence-electron chi connectivity index (χ0n) is 16.7. The number of nitrogens with zero attached hydrogens (tertiary/aromatic N) is 3. The Bertz CT molecular complexity index is 1230. The third-order valence-corrected chi connectivity index (χ3v) is 7.42. The number of hydrogen-bond donors (Lipinski definition) is 2.